The van der Waals surface area contributed by atoms with Crippen LogP contribution in [0.4, 0.5) is 0 Å². The van der Waals surface area contributed by atoms with Crippen LogP contribution in [0.3, 0.4) is 0 Å². The van der Waals surface area contributed by atoms with E-state index in [0.29, 0.717) is 13.0 Å². The first-order chi connectivity index (χ1) is 13.5. The predicted octanol–water partition coefficient (Wildman–Crippen LogP) is 4.26. The van der Waals surface area contributed by atoms with Crippen LogP contribution in [-0.2, 0) is 24.2 Å². The van der Waals surface area contributed by atoms with E-state index in [4.69, 9.17) is 4.74 Å². The van der Waals surface area contributed by atoms with Crippen LogP contribution in [-0.4, -0.2) is 21.8 Å². The molecule has 0 aliphatic heterocycles. The van der Waals surface area contributed by atoms with Gasteiger partial charge >= 0.3 is 5.97 Å². The molecule has 0 amide bonds. The topological polar surface area (TPSA) is 66.8 Å². The van der Waals surface area contributed by atoms with E-state index >= 15 is 0 Å². The summed E-state index contributed by atoms with van der Waals surface area (Å²) in [7, 11) is 0. The molecule has 4 nitrogen and oxygen atoms in total. The van der Waals surface area contributed by atoms with Crippen LogP contribution >= 0.6 is 0 Å². The monoisotopic (exact) mass is 376 g/mol. The van der Waals surface area contributed by atoms with Crippen molar-refractivity contribution in [2.24, 2.45) is 0 Å². The number of carbonyl (C=O) groups is 1. The van der Waals surface area contributed by atoms with E-state index in [-0.39, 0.29) is 12.8 Å². The lowest BCUT2D eigenvalue weighted by Crippen LogP contribution is -2.41. The number of benzene rings is 3. The maximum atomic E-state index is 11.7. The van der Waals surface area contributed by atoms with E-state index in [2.05, 4.69) is 0 Å². The van der Waals surface area contributed by atoms with Gasteiger partial charge in [-0.2, -0.15) is 0 Å². The Morgan fingerprint density at radius 1 is 0.786 bits per heavy atom. The van der Waals surface area contributed by atoms with Crippen LogP contribution in [0.1, 0.15) is 23.1 Å². The molecule has 0 radical (unpaired) electrons. The Morgan fingerprint density at radius 2 is 1.36 bits per heavy atom. The molecule has 3 aromatic rings. The molecule has 0 saturated heterocycles. The minimum atomic E-state index is -1.79. The maximum Gasteiger partial charge on any atom is 0.336 e. The van der Waals surface area contributed by atoms with E-state index in [1.807, 2.05) is 84.9 Å². The summed E-state index contributed by atoms with van der Waals surface area (Å²) in [4.78, 5) is 11.7. The molecular formula is C24H24O4. The summed E-state index contributed by atoms with van der Waals surface area (Å²) in [6.07, 6.45) is 0.692. The lowest BCUT2D eigenvalue weighted by Gasteiger charge is -2.23. The number of hydrogen-bond acceptors (Lipinski definition) is 3. The predicted molar refractivity (Wildman–Crippen MR) is 108 cm³/mol. The molecule has 0 bridgehead atoms. The molecule has 0 fully saturated rings. The quantitative estimate of drug-likeness (QED) is 0.586. The summed E-state index contributed by atoms with van der Waals surface area (Å²) in [5.41, 5.74) is 1.07. The largest absolute Gasteiger partial charge is 0.489 e. The highest BCUT2D eigenvalue weighted by Gasteiger charge is 2.35. The van der Waals surface area contributed by atoms with Gasteiger partial charge in [0.1, 0.15) is 12.4 Å². The summed E-state index contributed by atoms with van der Waals surface area (Å²) < 4.78 is 5.77. The van der Waals surface area contributed by atoms with Gasteiger partial charge in [-0.05, 0) is 41.7 Å². The van der Waals surface area contributed by atoms with Crippen molar-refractivity contribution in [1.29, 1.82) is 0 Å². The van der Waals surface area contributed by atoms with Crippen molar-refractivity contribution in [2.45, 2.75) is 31.5 Å². The normalized spacial score (nSPS) is 12.9. The van der Waals surface area contributed by atoms with Crippen molar-refractivity contribution < 1.29 is 19.7 Å². The van der Waals surface area contributed by atoms with Crippen molar-refractivity contribution in [2.75, 3.05) is 0 Å². The van der Waals surface area contributed by atoms with E-state index < -0.39 is 11.6 Å². The number of ether oxygens (including phenoxy) is 1. The second kappa shape index (κ2) is 9.20. The van der Waals surface area contributed by atoms with Crippen LogP contribution in [0.2, 0.25) is 0 Å². The zero-order chi connectivity index (χ0) is 19.8. The number of carboxylic acids is 1. The van der Waals surface area contributed by atoms with E-state index in [1.54, 1.807) is 0 Å². The Morgan fingerprint density at radius 3 is 1.93 bits per heavy atom. The molecule has 2 N–H and O–H groups in total. The molecule has 0 saturated carbocycles. The van der Waals surface area contributed by atoms with Gasteiger partial charge < -0.3 is 14.9 Å². The van der Waals surface area contributed by atoms with Gasteiger partial charge in [-0.25, -0.2) is 4.79 Å². The van der Waals surface area contributed by atoms with Gasteiger partial charge in [0, 0.05) is 6.42 Å². The number of carboxylic acid groups (broad SMARTS) is 1. The second-order valence-corrected chi connectivity index (χ2v) is 6.92. The molecule has 3 aromatic carbocycles. The summed E-state index contributed by atoms with van der Waals surface area (Å²) in [5, 5.41) is 20.2. The average molecular weight is 376 g/mol. The SMILES string of the molecule is O=C(O)C(O)(CCc1ccc(OCc2ccccc2)cc1)Cc1ccccc1. The van der Waals surface area contributed by atoms with E-state index in [0.717, 1.165) is 22.4 Å². The van der Waals surface area contributed by atoms with Gasteiger partial charge in [0.2, 0.25) is 0 Å². The highest BCUT2D eigenvalue weighted by Crippen LogP contribution is 2.22. The molecule has 0 aliphatic rings. The molecule has 0 spiro atoms. The van der Waals surface area contributed by atoms with Crippen LogP contribution in [0.25, 0.3) is 0 Å². The van der Waals surface area contributed by atoms with E-state index in [9.17, 15) is 15.0 Å². The molecule has 28 heavy (non-hydrogen) atoms. The van der Waals surface area contributed by atoms with Crippen LogP contribution in [0.5, 0.6) is 5.75 Å². The zero-order valence-electron chi connectivity index (χ0n) is 15.6. The van der Waals surface area contributed by atoms with E-state index in [1.165, 1.54) is 0 Å². The number of aliphatic carboxylic acids is 1. The Hall–Kier alpha value is -3.11. The van der Waals surface area contributed by atoms with Crippen LogP contribution < -0.4 is 4.74 Å². The standard InChI is InChI=1S/C24H24O4/c25-23(26)24(27,17-20-7-3-1-4-8-20)16-15-19-11-13-22(14-12-19)28-18-21-9-5-2-6-10-21/h1-14,27H,15-18H2,(H,25,26). The average Bonchev–Trinajstić information content (AvgIpc) is 2.73. The Bertz CT molecular complexity index is 875. The minimum Gasteiger partial charge on any atom is -0.489 e. The zero-order valence-corrected chi connectivity index (χ0v) is 15.6. The molecule has 3 rings (SSSR count). The lowest BCUT2D eigenvalue weighted by atomic mass is 9.88. The fourth-order valence-electron chi connectivity index (χ4n) is 3.05. The number of aryl methyl sites for hydroxylation is 1. The third kappa shape index (κ3) is 5.44. The van der Waals surface area contributed by atoms with Gasteiger partial charge in [-0.15, -0.1) is 0 Å². The van der Waals surface area contributed by atoms with Gasteiger partial charge in [0.25, 0.3) is 0 Å². The van der Waals surface area contributed by atoms with Gasteiger partial charge in [-0.3, -0.25) is 0 Å². The maximum absolute atomic E-state index is 11.7. The minimum absolute atomic E-state index is 0.0848. The molecule has 4 heteroatoms. The van der Waals surface area contributed by atoms with Crippen molar-refractivity contribution >= 4 is 5.97 Å². The van der Waals surface area contributed by atoms with Gasteiger partial charge in [0.05, 0.1) is 0 Å². The molecule has 1 atom stereocenters. The Balaban J connectivity index is 1.57. The van der Waals surface area contributed by atoms with Crippen LogP contribution in [0, 0.1) is 0 Å². The summed E-state index contributed by atoms with van der Waals surface area (Å²) >= 11 is 0. The first kappa shape index (κ1) is 19.6. The second-order valence-electron chi connectivity index (χ2n) is 6.92. The molecular weight excluding hydrogens is 352 g/mol. The molecule has 0 aliphatic carbocycles. The summed E-state index contributed by atoms with van der Waals surface area (Å²) in [6.45, 7) is 0.496. The smallest absolute Gasteiger partial charge is 0.336 e. The van der Waals surface area contributed by atoms with Crippen molar-refractivity contribution in [1.82, 2.24) is 0 Å². The Labute approximate surface area is 165 Å². The molecule has 0 heterocycles. The van der Waals surface area contributed by atoms with Crippen LogP contribution in [0.15, 0.2) is 84.9 Å². The number of rotatable bonds is 9. The first-order valence-electron chi connectivity index (χ1n) is 9.30. The first-order valence-corrected chi connectivity index (χ1v) is 9.30. The highest BCUT2D eigenvalue weighted by molar-refractivity contribution is 5.77. The van der Waals surface area contributed by atoms with Crippen molar-refractivity contribution in [3.63, 3.8) is 0 Å². The van der Waals surface area contributed by atoms with Crippen molar-refractivity contribution in [3.8, 4) is 5.75 Å². The fourth-order valence-corrected chi connectivity index (χ4v) is 3.05. The van der Waals surface area contributed by atoms with Crippen molar-refractivity contribution in [3.05, 3.63) is 102 Å². The summed E-state index contributed by atoms with van der Waals surface area (Å²) in [5.74, 6) is -0.440. The van der Waals surface area contributed by atoms with Gasteiger partial charge in [0.15, 0.2) is 5.60 Å². The Kier molecular flexibility index (Phi) is 6.45. The third-order valence-corrected chi connectivity index (χ3v) is 4.74. The van der Waals surface area contributed by atoms with Gasteiger partial charge in [-0.1, -0.05) is 72.8 Å². The highest BCUT2D eigenvalue weighted by atomic mass is 16.5. The lowest BCUT2D eigenvalue weighted by molar-refractivity contribution is -0.159. The summed E-state index contributed by atoms with van der Waals surface area (Å²) in [6, 6.07) is 26.7. The number of hydrogen-bond donors (Lipinski definition) is 2. The number of aliphatic hydroxyl groups is 1. The molecule has 144 valence electrons. The fraction of sp³-hybridized carbons (Fsp3) is 0.208. The molecule has 0 aromatic heterocycles. The molecule has 1 unspecified atom stereocenters. The third-order valence-electron chi connectivity index (χ3n) is 4.74.